The first-order chi connectivity index (χ1) is 16.9. The van der Waals surface area contributed by atoms with Crippen LogP contribution in [0.15, 0.2) is 43.7 Å². The van der Waals surface area contributed by atoms with Crippen molar-refractivity contribution in [3.63, 3.8) is 0 Å². The number of carbonyl (C=O) groups is 3. The molecule has 2 aromatic heterocycles. The van der Waals surface area contributed by atoms with Gasteiger partial charge in [0.15, 0.2) is 0 Å². The van der Waals surface area contributed by atoms with Crippen LogP contribution in [0.5, 0.6) is 0 Å². The molecule has 2 unspecified atom stereocenters. The van der Waals surface area contributed by atoms with Crippen LogP contribution in [0.1, 0.15) is 30.7 Å². The van der Waals surface area contributed by atoms with Gasteiger partial charge in [-0.15, -0.1) is 33.7 Å². The number of carboxylic acid groups (broad SMARTS) is 1. The van der Waals surface area contributed by atoms with Crippen LogP contribution in [0.3, 0.4) is 0 Å². The molecule has 4 rings (SSSR count). The number of thioether (sulfide) groups is 3. The minimum absolute atomic E-state index is 0.0553. The molecule has 1 fully saturated rings. The van der Waals surface area contributed by atoms with E-state index in [1.165, 1.54) is 46.4 Å². The van der Waals surface area contributed by atoms with Gasteiger partial charge in [0.05, 0.1) is 12.2 Å². The molecule has 2 amide bonds. The third-order valence-electron chi connectivity index (χ3n) is 5.23. The average Bonchev–Trinajstić information content (AvgIpc) is 3.55. The molecule has 0 spiro atoms. The number of ether oxygens (including phenoxy) is 1. The van der Waals surface area contributed by atoms with Crippen LogP contribution in [-0.4, -0.2) is 73.5 Å². The topological polar surface area (TPSA) is 148 Å². The standard InChI is InChI=1S/C21H24N4O7S3/c1-3-13-23-24-21(32-13)34-9-11-8-33-19-14(18(27)25(19)15(11)20(28)29)22-17(26)16(35-10-30-4-2)12-6-5-7-31-12/h5-7,14,16,19H,3-4,8-10H2,1-2H3,(H,22,26)(H,28,29)/t14-,16?,19?/m0/s1. The maximum atomic E-state index is 13.0. The number of aromatic nitrogens is 2. The molecule has 14 heteroatoms. The second kappa shape index (κ2) is 11.5. The normalized spacial score (nSPS) is 20.4. The number of aryl methyl sites for hydroxylation is 1. The molecule has 3 atom stereocenters. The highest BCUT2D eigenvalue weighted by atomic mass is 32.2. The molecule has 0 saturated carbocycles. The molecular formula is C21H24N4O7S3. The molecule has 4 heterocycles. The van der Waals surface area contributed by atoms with Crippen molar-refractivity contribution in [1.82, 2.24) is 20.4 Å². The van der Waals surface area contributed by atoms with E-state index in [9.17, 15) is 19.5 Å². The Morgan fingerprint density at radius 1 is 1.40 bits per heavy atom. The summed E-state index contributed by atoms with van der Waals surface area (Å²) in [6.07, 6.45) is 2.08. The lowest BCUT2D eigenvalue weighted by atomic mass is 10.0. The molecular weight excluding hydrogens is 516 g/mol. The van der Waals surface area contributed by atoms with Gasteiger partial charge in [-0.2, -0.15) is 0 Å². The predicted octanol–water partition coefficient (Wildman–Crippen LogP) is 2.52. The lowest BCUT2D eigenvalue weighted by Crippen LogP contribution is -2.70. The summed E-state index contributed by atoms with van der Waals surface area (Å²) in [4.78, 5) is 39.3. The molecule has 11 nitrogen and oxygen atoms in total. The number of nitrogens with one attached hydrogen (secondary N) is 1. The number of fused-ring (bicyclic) bond motifs is 1. The van der Waals surface area contributed by atoms with E-state index in [0.29, 0.717) is 47.0 Å². The van der Waals surface area contributed by atoms with Gasteiger partial charge in [-0.25, -0.2) is 4.79 Å². The summed E-state index contributed by atoms with van der Waals surface area (Å²) >= 11 is 3.88. The van der Waals surface area contributed by atoms with E-state index in [2.05, 4.69) is 15.5 Å². The average molecular weight is 541 g/mol. The van der Waals surface area contributed by atoms with Crippen LogP contribution in [0.2, 0.25) is 0 Å². The Hall–Kier alpha value is -2.42. The number of carboxylic acids is 1. The lowest BCUT2D eigenvalue weighted by Gasteiger charge is -2.49. The van der Waals surface area contributed by atoms with Crippen molar-refractivity contribution in [2.75, 3.05) is 24.1 Å². The molecule has 0 aromatic carbocycles. The van der Waals surface area contributed by atoms with Crippen LogP contribution < -0.4 is 5.32 Å². The Kier molecular flexibility index (Phi) is 8.46. The maximum Gasteiger partial charge on any atom is 0.352 e. The largest absolute Gasteiger partial charge is 0.477 e. The Bertz CT molecular complexity index is 1100. The van der Waals surface area contributed by atoms with E-state index >= 15 is 0 Å². The molecule has 35 heavy (non-hydrogen) atoms. The van der Waals surface area contributed by atoms with Crippen LogP contribution in [-0.2, 0) is 25.5 Å². The van der Waals surface area contributed by atoms with Crippen molar-refractivity contribution in [1.29, 1.82) is 0 Å². The van der Waals surface area contributed by atoms with Gasteiger partial charge in [0.1, 0.15) is 28.1 Å². The van der Waals surface area contributed by atoms with Crippen molar-refractivity contribution < 1.29 is 33.1 Å². The quantitative estimate of drug-likeness (QED) is 0.176. The van der Waals surface area contributed by atoms with E-state index in [4.69, 9.17) is 13.6 Å². The second-order valence-corrected chi connectivity index (χ2v) is 10.5. The van der Waals surface area contributed by atoms with Crippen LogP contribution in [0.25, 0.3) is 0 Å². The summed E-state index contributed by atoms with van der Waals surface area (Å²) in [5.74, 6) is -0.128. The highest BCUT2D eigenvalue weighted by molar-refractivity contribution is 8.01. The summed E-state index contributed by atoms with van der Waals surface area (Å²) in [7, 11) is 0. The Balaban J connectivity index is 1.44. The molecule has 0 radical (unpaired) electrons. The number of aliphatic carboxylic acids is 1. The first kappa shape index (κ1) is 25.7. The minimum atomic E-state index is -1.19. The molecule has 2 aromatic rings. The van der Waals surface area contributed by atoms with Gasteiger partial charge in [-0.3, -0.25) is 14.5 Å². The number of β-lactam (4-membered cyclic amide) rings is 1. The summed E-state index contributed by atoms with van der Waals surface area (Å²) in [6, 6.07) is 2.55. The second-order valence-electron chi connectivity index (χ2n) is 7.43. The summed E-state index contributed by atoms with van der Waals surface area (Å²) in [5, 5.41) is 19.6. The zero-order valence-electron chi connectivity index (χ0n) is 19.0. The minimum Gasteiger partial charge on any atom is -0.477 e. The van der Waals surface area contributed by atoms with Crippen LogP contribution in [0, 0.1) is 0 Å². The first-order valence-corrected chi connectivity index (χ1v) is 13.9. The first-order valence-electron chi connectivity index (χ1n) is 10.8. The third-order valence-corrected chi connectivity index (χ3v) is 8.56. The van der Waals surface area contributed by atoms with Crippen molar-refractivity contribution in [3.8, 4) is 0 Å². The van der Waals surface area contributed by atoms with E-state index < -0.39 is 34.4 Å². The molecule has 2 aliphatic rings. The number of rotatable bonds is 12. The van der Waals surface area contributed by atoms with E-state index in [1.54, 1.807) is 12.1 Å². The summed E-state index contributed by atoms with van der Waals surface area (Å²) in [6.45, 7) is 4.25. The number of furan rings is 1. The van der Waals surface area contributed by atoms with Crippen molar-refractivity contribution in [2.45, 2.75) is 42.2 Å². The smallest absolute Gasteiger partial charge is 0.352 e. The highest BCUT2D eigenvalue weighted by Crippen LogP contribution is 2.42. The van der Waals surface area contributed by atoms with Crippen LogP contribution >= 0.6 is 35.3 Å². The molecule has 0 aliphatic carbocycles. The summed E-state index contributed by atoms with van der Waals surface area (Å²) in [5.41, 5.74) is 0.527. The third kappa shape index (κ3) is 5.55. The maximum absolute atomic E-state index is 13.0. The molecule has 188 valence electrons. The Morgan fingerprint density at radius 3 is 2.89 bits per heavy atom. The Morgan fingerprint density at radius 2 is 2.23 bits per heavy atom. The van der Waals surface area contributed by atoms with E-state index in [-0.39, 0.29) is 11.6 Å². The van der Waals surface area contributed by atoms with Gasteiger partial charge in [0.2, 0.25) is 11.8 Å². The zero-order chi connectivity index (χ0) is 24.9. The SMILES string of the molecule is CCOCSC(C(=O)N[C@H]1C(=O)N2C(C(=O)O)=C(CSc3nnc(CC)o3)CSC12)c1ccco1. The Labute approximate surface area is 213 Å². The molecule has 0 bridgehead atoms. The lowest BCUT2D eigenvalue weighted by molar-refractivity contribution is -0.150. The number of carbonyl (C=O) groups excluding carboxylic acids is 2. The van der Waals surface area contributed by atoms with E-state index in [0.717, 1.165) is 0 Å². The monoisotopic (exact) mass is 540 g/mol. The van der Waals surface area contributed by atoms with Gasteiger partial charge in [0.25, 0.3) is 11.1 Å². The molecule has 1 saturated heterocycles. The fourth-order valence-electron chi connectivity index (χ4n) is 3.54. The van der Waals surface area contributed by atoms with Gasteiger partial charge < -0.3 is 24.0 Å². The fourth-order valence-corrected chi connectivity index (χ4v) is 6.72. The number of hydrogen-bond donors (Lipinski definition) is 2. The van der Waals surface area contributed by atoms with E-state index in [1.807, 2.05) is 13.8 Å². The summed E-state index contributed by atoms with van der Waals surface area (Å²) < 4.78 is 16.2. The van der Waals surface area contributed by atoms with Gasteiger partial charge in [0, 0.05) is 24.5 Å². The number of hydrogen-bond acceptors (Lipinski definition) is 11. The number of amides is 2. The fraction of sp³-hybridized carbons (Fsp3) is 0.476. The molecule has 2 aliphatic heterocycles. The number of nitrogens with zero attached hydrogens (tertiary/aromatic N) is 3. The van der Waals surface area contributed by atoms with Crippen molar-refractivity contribution >= 4 is 53.1 Å². The van der Waals surface area contributed by atoms with Gasteiger partial charge >= 0.3 is 5.97 Å². The predicted molar refractivity (Wildman–Crippen MR) is 130 cm³/mol. The van der Waals surface area contributed by atoms with Crippen LogP contribution in [0.4, 0.5) is 0 Å². The zero-order valence-corrected chi connectivity index (χ0v) is 21.4. The highest BCUT2D eigenvalue weighted by Gasteiger charge is 2.54. The van der Waals surface area contributed by atoms with Crippen molar-refractivity contribution in [2.24, 2.45) is 0 Å². The van der Waals surface area contributed by atoms with Gasteiger partial charge in [-0.1, -0.05) is 18.7 Å². The molecule has 2 N–H and O–H groups in total. The van der Waals surface area contributed by atoms with Gasteiger partial charge in [-0.05, 0) is 24.6 Å². The van der Waals surface area contributed by atoms with Crippen molar-refractivity contribution in [3.05, 3.63) is 41.3 Å².